The van der Waals surface area contributed by atoms with Gasteiger partial charge in [0.15, 0.2) is 0 Å². The molecule has 0 radical (unpaired) electrons. The molecule has 4 aromatic rings. The zero-order valence-electron chi connectivity index (χ0n) is 19.0. The summed E-state index contributed by atoms with van der Waals surface area (Å²) < 4.78 is 17.6. The van der Waals surface area contributed by atoms with Crippen LogP contribution in [0.2, 0.25) is 0 Å². The van der Waals surface area contributed by atoms with Crippen molar-refractivity contribution in [2.75, 3.05) is 13.2 Å². The molecule has 184 valence electrons. The summed E-state index contributed by atoms with van der Waals surface area (Å²) in [5.74, 6) is 2.33. The average molecular weight is 515 g/mol. The van der Waals surface area contributed by atoms with Crippen LogP contribution >= 0.6 is 24.8 Å². The number of halogens is 2. The highest BCUT2D eigenvalue weighted by molar-refractivity contribution is 5.98. The van der Waals surface area contributed by atoms with Crippen LogP contribution in [0.3, 0.4) is 0 Å². The van der Waals surface area contributed by atoms with E-state index in [0.717, 1.165) is 41.1 Å². The van der Waals surface area contributed by atoms with Gasteiger partial charge < -0.3 is 25.4 Å². The fraction of sp³-hybridized carbons (Fsp3) is 0.154. The molecule has 9 heteroatoms. The maximum absolute atomic E-state index is 7.58. The van der Waals surface area contributed by atoms with Gasteiger partial charge in [0, 0.05) is 22.1 Å². The van der Waals surface area contributed by atoms with Gasteiger partial charge >= 0.3 is 0 Å². The third-order valence-electron chi connectivity index (χ3n) is 5.19. The molecular weight excluding hydrogens is 487 g/mol. The molecular formula is C26H28Cl2N4O3. The number of rotatable bonds is 10. The Labute approximate surface area is 216 Å². The zero-order valence-corrected chi connectivity index (χ0v) is 20.6. The molecule has 0 fully saturated rings. The molecule has 35 heavy (non-hydrogen) atoms. The smallest absolute Gasteiger partial charge is 0.135 e. The summed E-state index contributed by atoms with van der Waals surface area (Å²) in [5, 5.41) is 15.9. The fourth-order valence-electron chi connectivity index (χ4n) is 3.39. The average Bonchev–Trinajstić information content (AvgIpc) is 3.25. The lowest BCUT2D eigenvalue weighted by atomic mass is 10.1. The third kappa shape index (κ3) is 7.15. The standard InChI is InChI=1S/C26H26N4O3.2ClH/c27-25(28)17-8-10-21(11-9-17)31-12-1-2-13-32-22-5-3-4-18(14-22)23-15-19-6-7-20(26(29)30)16-24(19)33-23;;/h3-11,14-16H,1-2,12-13H2,(H3,27,28)(H3,29,30);2*1H. The lowest BCUT2D eigenvalue weighted by Crippen LogP contribution is -2.10. The lowest BCUT2D eigenvalue weighted by molar-refractivity contribution is 0.266. The maximum atomic E-state index is 7.58. The number of ether oxygens (including phenoxy) is 2. The SMILES string of the molecule is Cl.Cl.N=C(N)c1ccc(OCCCCOc2cccc(-c3cc4ccc(C(=N)N)cc4o3)c2)cc1. The highest BCUT2D eigenvalue weighted by Gasteiger charge is 2.09. The van der Waals surface area contributed by atoms with Crippen LogP contribution in [0.5, 0.6) is 11.5 Å². The van der Waals surface area contributed by atoms with Gasteiger partial charge in [0.1, 0.15) is 34.5 Å². The van der Waals surface area contributed by atoms with Crippen molar-refractivity contribution in [3.05, 3.63) is 83.9 Å². The van der Waals surface area contributed by atoms with Gasteiger partial charge in [-0.1, -0.05) is 24.3 Å². The molecule has 1 heterocycles. The van der Waals surface area contributed by atoms with Gasteiger partial charge in [-0.2, -0.15) is 0 Å². The number of furan rings is 1. The highest BCUT2D eigenvalue weighted by Crippen LogP contribution is 2.30. The Balaban J connectivity index is 0.00000216. The van der Waals surface area contributed by atoms with Crippen LogP contribution in [0.1, 0.15) is 24.0 Å². The van der Waals surface area contributed by atoms with Crippen molar-refractivity contribution >= 4 is 47.5 Å². The van der Waals surface area contributed by atoms with Crippen LogP contribution in [0.15, 0.2) is 77.2 Å². The first-order valence-corrected chi connectivity index (χ1v) is 10.7. The van der Waals surface area contributed by atoms with E-state index < -0.39 is 0 Å². The van der Waals surface area contributed by atoms with Gasteiger partial charge in [-0.3, -0.25) is 10.8 Å². The number of benzene rings is 3. The van der Waals surface area contributed by atoms with Crippen LogP contribution in [0.4, 0.5) is 0 Å². The molecule has 0 atom stereocenters. The molecule has 0 saturated heterocycles. The Hall–Kier alpha value is -3.68. The van der Waals surface area contributed by atoms with Crippen molar-refractivity contribution in [2.24, 2.45) is 11.5 Å². The Bertz CT molecular complexity index is 1290. The first-order chi connectivity index (χ1) is 16.0. The number of fused-ring (bicyclic) bond motifs is 1. The minimum atomic E-state index is 0. The van der Waals surface area contributed by atoms with Gasteiger partial charge in [-0.15, -0.1) is 24.8 Å². The summed E-state index contributed by atoms with van der Waals surface area (Å²) >= 11 is 0. The van der Waals surface area contributed by atoms with Crippen LogP contribution in [0, 0.1) is 10.8 Å². The molecule has 3 aromatic carbocycles. The first kappa shape index (κ1) is 27.6. The number of nitrogens with two attached hydrogens (primary N) is 2. The van der Waals surface area contributed by atoms with Crippen molar-refractivity contribution < 1.29 is 13.9 Å². The molecule has 0 unspecified atom stereocenters. The monoisotopic (exact) mass is 514 g/mol. The Morgan fingerprint density at radius 2 is 1.34 bits per heavy atom. The normalized spacial score (nSPS) is 10.2. The summed E-state index contributed by atoms with van der Waals surface area (Å²) in [6, 6.07) is 22.4. The van der Waals surface area contributed by atoms with Crippen molar-refractivity contribution in [3.63, 3.8) is 0 Å². The first-order valence-electron chi connectivity index (χ1n) is 10.7. The number of hydrogen-bond acceptors (Lipinski definition) is 5. The summed E-state index contributed by atoms with van der Waals surface area (Å²) in [5.41, 5.74) is 14.0. The van der Waals surface area contributed by atoms with Crippen LogP contribution < -0.4 is 20.9 Å². The minimum Gasteiger partial charge on any atom is -0.494 e. The Morgan fingerprint density at radius 3 is 2.00 bits per heavy atom. The number of amidine groups is 2. The zero-order chi connectivity index (χ0) is 23.2. The Morgan fingerprint density at radius 1 is 0.714 bits per heavy atom. The number of hydrogen-bond donors (Lipinski definition) is 4. The van der Waals surface area contributed by atoms with E-state index in [0.29, 0.717) is 29.9 Å². The van der Waals surface area contributed by atoms with E-state index in [1.165, 1.54) is 0 Å². The Kier molecular flexibility index (Phi) is 9.99. The van der Waals surface area contributed by atoms with Crippen LogP contribution in [-0.4, -0.2) is 24.9 Å². The molecule has 4 rings (SSSR count). The molecule has 1 aromatic heterocycles. The molecule has 0 spiro atoms. The predicted molar refractivity (Wildman–Crippen MR) is 145 cm³/mol. The number of nitrogens with one attached hydrogen (secondary N) is 2. The topological polar surface area (TPSA) is 131 Å². The molecule has 6 N–H and O–H groups in total. The van der Waals surface area contributed by atoms with E-state index in [4.69, 9.17) is 36.2 Å². The van der Waals surface area contributed by atoms with Gasteiger partial charge in [-0.25, -0.2) is 0 Å². The minimum absolute atomic E-state index is 0. The summed E-state index contributed by atoms with van der Waals surface area (Å²) in [4.78, 5) is 0. The highest BCUT2D eigenvalue weighted by atomic mass is 35.5. The van der Waals surface area contributed by atoms with Crippen molar-refractivity contribution in [1.29, 1.82) is 10.8 Å². The molecule has 7 nitrogen and oxygen atoms in total. The molecule has 0 aliphatic heterocycles. The van der Waals surface area contributed by atoms with E-state index in [1.54, 1.807) is 18.2 Å². The van der Waals surface area contributed by atoms with E-state index in [-0.39, 0.29) is 36.5 Å². The number of nitrogen functional groups attached to an aromatic ring is 2. The fourth-order valence-corrected chi connectivity index (χ4v) is 3.39. The molecule has 0 aliphatic carbocycles. The van der Waals surface area contributed by atoms with Gasteiger partial charge in [-0.05, 0) is 61.4 Å². The van der Waals surface area contributed by atoms with E-state index >= 15 is 0 Å². The van der Waals surface area contributed by atoms with Crippen LogP contribution in [-0.2, 0) is 0 Å². The van der Waals surface area contributed by atoms with Gasteiger partial charge in [0.2, 0.25) is 0 Å². The molecule has 0 saturated carbocycles. The third-order valence-corrected chi connectivity index (χ3v) is 5.19. The summed E-state index contributed by atoms with van der Waals surface area (Å²) in [6.07, 6.45) is 1.71. The van der Waals surface area contributed by atoms with E-state index in [2.05, 4.69) is 0 Å². The largest absolute Gasteiger partial charge is 0.494 e. The second-order valence-electron chi connectivity index (χ2n) is 7.65. The van der Waals surface area contributed by atoms with E-state index in [9.17, 15) is 0 Å². The van der Waals surface area contributed by atoms with Crippen molar-refractivity contribution in [2.45, 2.75) is 12.8 Å². The number of unbranched alkanes of at least 4 members (excludes halogenated alkanes) is 1. The molecule has 0 aliphatic rings. The predicted octanol–water partition coefficient (Wildman–Crippen LogP) is 5.75. The maximum Gasteiger partial charge on any atom is 0.135 e. The quantitative estimate of drug-likeness (QED) is 0.121. The van der Waals surface area contributed by atoms with Gasteiger partial charge in [0.25, 0.3) is 0 Å². The van der Waals surface area contributed by atoms with Crippen molar-refractivity contribution in [1.82, 2.24) is 0 Å². The molecule has 0 amide bonds. The van der Waals surface area contributed by atoms with Crippen LogP contribution in [0.25, 0.3) is 22.3 Å². The summed E-state index contributed by atoms with van der Waals surface area (Å²) in [6.45, 7) is 1.17. The van der Waals surface area contributed by atoms with Gasteiger partial charge in [0.05, 0.1) is 13.2 Å². The van der Waals surface area contributed by atoms with Crippen molar-refractivity contribution in [3.8, 4) is 22.8 Å². The second kappa shape index (κ2) is 12.7. The lowest BCUT2D eigenvalue weighted by Gasteiger charge is -2.09. The molecule has 0 bridgehead atoms. The second-order valence-corrected chi connectivity index (χ2v) is 7.65. The van der Waals surface area contributed by atoms with E-state index in [1.807, 2.05) is 54.6 Å². The summed E-state index contributed by atoms with van der Waals surface area (Å²) in [7, 11) is 0.